The number of carbonyl (C=O) groups excluding carboxylic acids is 2. The standard InChI is InChI=1S/C21H25ClFN3O2/c1-4-17(26-12(3)10-18(25)27)14-6-7-15(22)19(20(14)23)21(28)13-5-8-16(24)11(2)9-13/h5-9,12,17,26H,4,10,24H2,1-3H3,(H2,25,27)/t12-,17+/m0/s1/i17D. The number of benzene rings is 2. The number of nitrogens with two attached hydrogens (primary N) is 2. The molecule has 0 unspecified atom stereocenters. The summed E-state index contributed by atoms with van der Waals surface area (Å²) in [4.78, 5) is 24.1. The van der Waals surface area contributed by atoms with Crippen molar-refractivity contribution in [2.75, 3.05) is 5.73 Å². The van der Waals surface area contributed by atoms with Crippen molar-refractivity contribution in [2.45, 2.75) is 45.7 Å². The Labute approximate surface area is 170 Å². The molecule has 0 spiro atoms. The lowest BCUT2D eigenvalue weighted by atomic mass is 9.95. The van der Waals surface area contributed by atoms with Gasteiger partial charge in [0.05, 0.1) is 12.0 Å². The molecule has 2 aromatic carbocycles. The lowest BCUT2D eigenvalue weighted by Crippen LogP contribution is -2.34. The quantitative estimate of drug-likeness (QED) is 0.457. The zero-order chi connectivity index (χ0) is 21.9. The van der Waals surface area contributed by atoms with E-state index in [0.717, 1.165) is 0 Å². The number of amides is 1. The first-order chi connectivity index (χ1) is 13.5. The fraction of sp³-hybridized carbons (Fsp3) is 0.333. The Morgan fingerprint density at radius 2 is 2.00 bits per heavy atom. The highest BCUT2D eigenvalue weighted by Crippen LogP contribution is 2.30. The first-order valence-electron chi connectivity index (χ1n) is 9.45. The molecule has 2 rings (SSSR count). The second-order valence-corrected chi connectivity index (χ2v) is 7.14. The van der Waals surface area contributed by atoms with Crippen molar-refractivity contribution < 1.29 is 15.4 Å². The van der Waals surface area contributed by atoms with Crippen molar-refractivity contribution in [1.82, 2.24) is 5.32 Å². The minimum absolute atomic E-state index is 0.00760. The number of carbonyl (C=O) groups is 2. The zero-order valence-corrected chi connectivity index (χ0v) is 16.9. The van der Waals surface area contributed by atoms with Crippen molar-refractivity contribution in [3.05, 3.63) is 63.4 Å². The van der Waals surface area contributed by atoms with Gasteiger partial charge in [-0.1, -0.05) is 24.6 Å². The maximum atomic E-state index is 15.5. The highest BCUT2D eigenvalue weighted by atomic mass is 35.5. The Morgan fingerprint density at radius 3 is 2.57 bits per heavy atom. The molecule has 150 valence electrons. The molecule has 0 radical (unpaired) electrons. The molecule has 0 bridgehead atoms. The number of aryl methyl sites for hydroxylation is 1. The molecule has 2 atom stereocenters. The normalized spacial score (nSPS) is 14.8. The molecule has 5 nitrogen and oxygen atoms in total. The highest BCUT2D eigenvalue weighted by molar-refractivity contribution is 6.35. The van der Waals surface area contributed by atoms with Crippen LogP contribution in [0, 0.1) is 12.7 Å². The minimum atomic E-state index is -1.57. The Balaban J connectivity index is 2.52. The van der Waals surface area contributed by atoms with Gasteiger partial charge in [-0.3, -0.25) is 9.59 Å². The molecule has 1 amide bonds. The van der Waals surface area contributed by atoms with Crippen molar-refractivity contribution in [1.29, 1.82) is 0 Å². The van der Waals surface area contributed by atoms with Gasteiger partial charge in [-0.15, -0.1) is 0 Å². The summed E-state index contributed by atoms with van der Waals surface area (Å²) < 4.78 is 24.2. The monoisotopic (exact) mass is 406 g/mol. The van der Waals surface area contributed by atoms with Crippen molar-refractivity contribution in [3.63, 3.8) is 0 Å². The van der Waals surface area contributed by atoms with Gasteiger partial charge in [-0.25, -0.2) is 4.39 Å². The number of hydrogen-bond donors (Lipinski definition) is 3. The smallest absolute Gasteiger partial charge is 0.218 e. The molecule has 0 aliphatic heterocycles. The van der Waals surface area contributed by atoms with E-state index in [1.807, 2.05) is 0 Å². The van der Waals surface area contributed by atoms with E-state index in [9.17, 15) is 9.59 Å². The zero-order valence-electron chi connectivity index (χ0n) is 17.1. The summed E-state index contributed by atoms with van der Waals surface area (Å²) in [5.74, 6) is -2.00. The number of nitrogens with one attached hydrogen (secondary N) is 1. The van der Waals surface area contributed by atoms with Crippen LogP contribution in [0.3, 0.4) is 0 Å². The van der Waals surface area contributed by atoms with Crippen LogP contribution in [-0.2, 0) is 4.79 Å². The largest absolute Gasteiger partial charge is 0.399 e. The van der Waals surface area contributed by atoms with Crippen LogP contribution >= 0.6 is 11.6 Å². The average Bonchev–Trinajstić information content (AvgIpc) is 2.62. The lowest BCUT2D eigenvalue weighted by Gasteiger charge is -2.23. The SMILES string of the molecule is [2H][C@](CC)(N[C@@H](C)CC(N)=O)c1ccc(Cl)c(C(=O)c2ccc(N)c(C)c2)c1F. The summed E-state index contributed by atoms with van der Waals surface area (Å²) in [5.41, 5.74) is 12.1. The molecule has 0 fully saturated rings. The molecule has 0 saturated carbocycles. The summed E-state index contributed by atoms with van der Waals surface area (Å²) in [6, 6.07) is 5.40. The summed E-state index contributed by atoms with van der Waals surface area (Å²) in [6.45, 7) is 5.13. The number of nitrogen functional groups attached to an aromatic ring is 1. The van der Waals surface area contributed by atoms with Crippen LogP contribution in [0.4, 0.5) is 10.1 Å². The lowest BCUT2D eigenvalue weighted by molar-refractivity contribution is -0.118. The summed E-state index contributed by atoms with van der Waals surface area (Å²) >= 11 is 6.16. The van der Waals surface area contributed by atoms with E-state index in [4.69, 9.17) is 24.4 Å². The number of anilines is 1. The third kappa shape index (κ3) is 4.88. The molecule has 0 aliphatic carbocycles. The Hall–Kier alpha value is -2.44. The fourth-order valence-corrected chi connectivity index (χ4v) is 3.21. The molecule has 7 heteroatoms. The van der Waals surface area contributed by atoms with Crippen LogP contribution < -0.4 is 16.8 Å². The predicted octanol–water partition coefficient (Wildman–Crippen LogP) is 3.91. The van der Waals surface area contributed by atoms with E-state index in [0.29, 0.717) is 11.3 Å². The van der Waals surface area contributed by atoms with Crippen LogP contribution in [0.2, 0.25) is 5.02 Å². The van der Waals surface area contributed by atoms with Crippen LogP contribution in [-0.4, -0.2) is 17.7 Å². The second-order valence-electron chi connectivity index (χ2n) is 6.73. The summed E-state index contributed by atoms with van der Waals surface area (Å²) in [6.07, 6.45) is 0.176. The van der Waals surface area contributed by atoms with Crippen LogP contribution in [0.1, 0.15) is 61.1 Å². The van der Waals surface area contributed by atoms with Gasteiger partial charge in [0.2, 0.25) is 5.91 Å². The molecular weight excluding hydrogens is 381 g/mol. The van der Waals surface area contributed by atoms with E-state index in [2.05, 4.69) is 5.32 Å². The van der Waals surface area contributed by atoms with E-state index in [1.165, 1.54) is 18.2 Å². The Kier molecular flexibility index (Phi) is 6.65. The molecule has 0 heterocycles. The van der Waals surface area contributed by atoms with Crippen molar-refractivity contribution >= 4 is 29.0 Å². The highest BCUT2D eigenvalue weighted by Gasteiger charge is 2.25. The van der Waals surface area contributed by atoms with Crippen LogP contribution in [0.15, 0.2) is 30.3 Å². The van der Waals surface area contributed by atoms with Crippen LogP contribution in [0.25, 0.3) is 0 Å². The van der Waals surface area contributed by atoms with Gasteiger partial charge in [-0.05, 0) is 50.1 Å². The third-order valence-electron chi connectivity index (χ3n) is 4.46. The summed E-state index contributed by atoms with van der Waals surface area (Å²) in [7, 11) is 0. The Morgan fingerprint density at radius 1 is 1.32 bits per heavy atom. The van der Waals surface area contributed by atoms with Gasteiger partial charge >= 0.3 is 0 Å². The van der Waals surface area contributed by atoms with E-state index < -0.39 is 29.6 Å². The van der Waals surface area contributed by atoms with Crippen molar-refractivity contribution in [3.8, 4) is 0 Å². The molecule has 5 N–H and O–H groups in total. The van der Waals surface area contributed by atoms with Gasteiger partial charge in [0.15, 0.2) is 5.78 Å². The number of primary amides is 1. The van der Waals surface area contributed by atoms with Crippen molar-refractivity contribution in [2.24, 2.45) is 5.73 Å². The number of halogens is 2. The third-order valence-corrected chi connectivity index (χ3v) is 4.77. The number of hydrogen-bond acceptors (Lipinski definition) is 4. The molecule has 0 aromatic heterocycles. The maximum absolute atomic E-state index is 15.5. The topological polar surface area (TPSA) is 98.2 Å². The molecule has 0 aliphatic rings. The average molecular weight is 407 g/mol. The summed E-state index contributed by atoms with van der Waals surface area (Å²) in [5, 5.41) is 2.88. The fourth-order valence-electron chi connectivity index (χ4n) is 2.98. The van der Waals surface area contributed by atoms with E-state index >= 15 is 4.39 Å². The van der Waals surface area contributed by atoms with E-state index in [1.54, 1.807) is 32.9 Å². The van der Waals surface area contributed by atoms with Gasteiger partial charge in [-0.2, -0.15) is 0 Å². The molecule has 2 aromatic rings. The van der Waals surface area contributed by atoms with Crippen LogP contribution in [0.5, 0.6) is 0 Å². The number of rotatable bonds is 8. The van der Waals surface area contributed by atoms with E-state index in [-0.39, 0.29) is 34.6 Å². The second kappa shape index (κ2) is 9.17. The van der Waals surface area contributed by atoms with Gasteiger partial charge in [0.25, 0.3) is 0 Å². The van der Waals surface area contributed by atoms with Gasteiger partial charge in [0.1, 0.15) is 5.82 Å². The first-order valence-corrected chi connectivity index (χ1v) is 9.33. The first kappa shape index (κ1) is 20.3. The van der Waals surface area contributed by atoms with Gasteiger partial charge in [0, 0.05) is 35.3 Å². The van der Waals surface area contributed by atoms with Gasteiger partial charge < -0.3 is 16.8 Å². The molecule has 28 heavy (non-hydrogen) atoms. The molecule has 0 saturated heterocycles. The minimum Gasteiger partial charge on any atom is -0.399 e. The maximum Gasteiger partial charge on any atom is 0.218 e. The number of ketones is 1. The molecular formula is C21H25ClFN3O2. The Bertz CT molecular complexity index is 954. The predicted molar refractivity (Wildman–Crippen MR) is 110 cm³/mol.